The second kappa shape index (κ2) is 9.89. The zero-order valence-electron chi connectivity index (χ0n) is 19.0. The maximum atomic E-state index is 13.4. The highest BCUT2D eigenvalue weighted by Crippen LogP contribution is 2.33. The van der Waals surface area contributed by atoms with Crippen LogP contribution in [0, 0.1) is 0 Å². The van der Waals surface area contributed by atoms with Crippen molar-refractivity contribution >= 4 is 28.3 Å². The summed E-state index contributed by atoms with van der Waals surface area (Å²) in [6.45, 7) is 3.32. The molecule has 2 atom stereocenters. The van der Waals surface area contributed by atoms with Gasteiger partial charge in [-0.05, 0) is 55.8 Å². The highest BCUT2D eigenvalue weighted by molar-refractivity contribution is 6.30. The van der Waals surface area contributed by atoms with Crippen molar-refractivity contribution in [2.24, 2.45) is 0 Å². The highest BCUT2D eigenvalue weighted by atomic mass is 35.5. The van der Waals surface area contributed by atoms with Crippen molar-refractivity contribution in [3.8, 4) is 0 Å². The van der Waals surface area contributed by atoms with Crippen molar-refractivity contribution in [3.05, 3.63) is 64.9 Å². The molecule has 2 aliphatic rings. The van der Waals surface area contributed by atoms with Crippen LogP contribution in [0.5, 0.6) is 0 Å². The Bertz CT molecular complexity index is 1170. The van der Waals surface area contributed by atoms with Crippen LogP contribution in [0.4, 0.5) is 19.0 Å². The standard InChI is InChI=1S/C25H27ClF3N5O/c26-17-7-5-16(6-8-17)13-33-11-9-18(10-12-33)30-21-14-34(15-22(21)35)23-19-3-1-2-4-20(19)31-24(32-23)25(27,28)29/h1-8,18,21-22,30,35H,9-15H2/t21?,22-/m1/s1. The Balaban J connectivity index is 1.23. The van der Waals surface area contributed by atoms with Gasteiger partial charge in [-0.2, -0.15) is 13.2 Å². The summed E-state index contributed by atoms with van der Waals surface area (Å²) < 4.78 is 40.3. The van der Waals surface area contributed by atoms with Gasteiger partial charge in [-0.3, -0.25) is 4.90 Å². The van der Waals surface area contributed by atoms with Crippen molar-refractivity contribution in [2.75, 3.05) is 31.1 Å². The number of benzene rings is 2. The average Bonchev–Trinajstić information content (AvgIpc) is 3.20. The van der Waals surface area contributed by atoms with E-state index in [1.54, 1.807) is 29.2 Å². The molecular formula is C25H27ClF3N5O. The monoisotopic (exact) mass is 505 g/mol. The molecule has 2 fully saturated rings. The molecule has 1 unspecified atom stereocenters. The number of β-amino-alcohol motifs (C(OH)–C–C–N with tert-alkyl or cyclic N) is 1. The lowest BCUT2D eigenvalue weighted by Crippen LogP contribution is -2.49. The number of fused-ring (bicyclic) bond motifs is 1. The molecule has 0 amide bonds. The number of hydrogen-bond donors (Lipinski definition) is 2. The fourth-order valence-electron chi connectivity index (χ4n) is 4.96. The summed E-state index contributed by atoms with van der Waals surface area (Å²) in [6.07, 6.45) is -3.48. The van der Waals surface area contributed by atoms with Gasteiger partial charge in [-0.15, -0.1) is 0 Å². The van der Waals surface area contributed by atoms with Crippen molar-refractivity contribution < 1.29 is 18.3 Å². The number of rotatable bonds is 5. The molecule has 186 valence electrons. The van der Waals surface area contributed by atoms with Gasteiger partial charge >= 0.3 is 6.18 Å². The highest BCUT2D eigenvalue weighted by Gasteiger charge is 2.39. The van der Waals surface area contributed by atoms with Gasteiger partial charge in [0.1, 0.15) is 5.82 Å². The molecule has 2 aromatic carbocycles. The first kappa shape index (κ1) is 24.2. The first-order valence-corrected chi connectivity index (χ1v) is 12.1. The van der Waals surface area contributed by atoms with Gasteiger partial charge in [-0.1, -0.05) is 35.9 Å². The minimum atomic E-state index is -4.64. The number of aromatic nitrogens is 2. The molecule has 2 aliphatic heterocycles. The molecule has 10 heteroatoms. The minimum Gasteiger partial charge on any atom is -0.390 e. The van der Waals surface area contributed by atoms with Crippen LogP contribution < -0.4 is 10.2 Å². The van der Waals surface area contributed by atoms with E-state index in [4.69, 9.17) is 11.6 Å². The third-order valence-electron chi connectivity index (χ3n) is 6.78. The van der Waals surface area contributed by atoms with Crippen LogP contribution >= 0.6 is 11.6 Å². The molecule has 1 aromatic heterocycles. The van der Waals surface area contributed by atoms with Crippen LogP contribution in [0.15, 0.2) is 48.5 Å². The number of nitrogens with one attached hydrogen (secondary N) is 1. The van der Waals surface area contributed by atoms with Gasteiger partial charge in [0.05, 0.1) is 17.7 Å². The van der Waals surface area contributed by atoms with Gasteiger partial charge in [0.15, 0.2) is 0 Å². The van der Waals surface area contributed by atoms with Gasteiger partial charge in [0, 0.05) is 36.1 Å². The van der Waals surface area contributed by atoms with Crippen LogP contribution in [0.3, 0.4) is 0 Å². The SMILES string of the molecule is O[C@@H]1CN(c2nc(C(F)(F)F)nc3ccccc23)CC1NC1CCN(Cc2ccc(Cl)cc2)CC1. The normalized spacial score (nSPS) is 22.3. The molecule has 0 spiro atoms. The molecule has 35 heavy (non-hydrogen) atoms. The van der Waals surface area contributed by atoms with E-state index in [2.05, 4.69) is 20.2 Å². The lowest BCUT2D eigenvalue weighted by atomic mass is 10.0. The van der Waals surface area contributed by atoms with Crippen LogP contribution in [-0.4, -0.2) is 64.3 Å². The molecule has 0 radical (unpaired) electrons. The van der Waals surface area contributed by atoms with Crippen LogP contribution in [0.25, 0.3) is 10.9 Å². The Labute approximate surface area is 206 Å². The Hall–Kier alpha value is -2.46. The molecule has 5 rings (SSSR count). The molecule has 6 nitrogen and oxygen atoms in total. The van der Waals surface area contributed by atoms with E-state index in [1.807, 2.05) is 24.3 Å². The Morgan fingerprint density at radius 1 is 1.00 bits per heavy atom. The van der Waals surface area contributed by atoms with Gasteiger partial charge in [-0.25, -0.2) is 9.97 Å². The number of anilines is 1. The van der Waals surface area contributed by atoms with Gasteiger partial charge < -0.3 is 15.3 Å². The largest absolute Gasteiger partial charge is 0.451 e. The lowest BCUT2D eigenvalue weighted by molar-refractivity contribution is -0.144. The molecule has 0 aliphatic carbocycles. The number of aliphatic hydroxyl groups is 1. The van der Waals surface area contributed by atoms with Crippen LogP contribution in [0.2, 0.25) is 5.02 Å². The number of hydrogen-bond acceptors (Lipinski definition) is 6. The summed E-state index contributed by atoms with van der Waals surface area (Å²) in [5, 5.41) is 15.6. The average molecular weight is 506 g/mol. The zero-order valence-corrected chi connectivity index (χ0v) is 19.8. The summed E-state index contributed by atoms with van der Waals surface area (Å²) in [4.78, 5) is 11.7. The van der Waals surface area contributed by atoms with Crippen LogP contribution in [-0.2, 0) is 12.7 Å². The maximum absolute atomic E-state index is 13.4. The van der Waals surface area contributed by atoms with Crippen molar-refractivity contribution in [1.82, 2.24) is 20.2 Å². The molecule has 2 N–H and O–H groups in total. The molecule has 3 heterocycles. The van der Waals surface area contributed by atoms with E-state index in [1.165, 1.54) is 5.56 Å². The van der Waals surface area contributed by atoms with Gasteiger partial charge in [0.2, 0.25) is 5.82 Å². The Kier molecular flexibility index (Phi) is 6.85. The fourth-order valence-corrected chi connectivity index (χ4v) is 5.09. The zero-order chi connectivity index (χ0) is 24.6. The fraction of sp³-hybridized carbons (Fsp3) is 0.440. The second-order valence-electron chi connectivity index (χ2n) is 9.31. The number of nitrogens with zero attached hydrogens (tertiary/aromatic N) is 4. The number of para-hydroxylation sites is 1. The summed E-state index contributed by atoms with van der Waals surface area (Å²) in [5.41, 5.74) is 1.46. The predicted molar refractivity (Wildman–Crippen MR) is 129 cm³/mol. The van der Waals surface area contributed by atoms with Crippen molar-refractivity contribution in [3.63, 3.8) is 0 Å². The predicted octanol–water partition coefficient (Wildman–Crippen LogP) is 4.11. The first-order chi connectivity index (χ1) is 16.8. The van der Waals surface area contributed by atoms with Crippen molar-refractivity contribution in [1.29, 1.82) is 0 Å². The molecular weight excluding hydrogens is 479 g/mol. The van der Waals surface area contributed by atoms with Crippen molar-refractivity contribution in [2.45, 2.75) is 43.8 Å². The van der Waals surface area contributed by atoms with E-state index < -0.39 is 18.1 Å². The van der Waals surface area contributed by atoms with Gasteiger partial charge in [0.25, 0.3) is 0 Å². The quantitative estimate of drug-likeness (QED) is 0.544. The van der Waals surface area contributed by atoms with E-state index in [0.717, 1.165) is 37.5 Å². The maximum Gasteiger partial charge on any atom is 0.451 e. The molecule has 3 aromatic rings. The topological polar surface area (TPSA) is 64.5 Å². The molecule has 2 saturated heterocycles. The first-order valence-electron chi connectivity index (χ1n) is 11.8. The second-order valence-corrected chi connectivity index (χ2v) is 9.74. The summed E-state index contributed by atoms with van der Waals surface area (Å²) in [6, 6.07) is 14.5. The summed E-state index contributed by atoms with van der Waals surface area (Å²) in [7, 11) is 0. The Morgan fingerprint density at radius 3 is 2.43 bits per heavy atom. The number of likely N-dealkylation sites (tertiary alicyclic amines) is 1. The van der Waals surface area contributed by atoms with E-state index in [-0.39, 0.29) is 30.0 Å². The summed E-state index contributed by atoms with van der Waals surface area (Å²) in [5.74, 6) is -0.950. The Morgan fingerprint density at radius 2 is 1.71 bits per heavy atom. The van der Waals surface area contributed by atoms with E-state index in [9.17, 15) is 18.3 Å². The lowest BCUT2D eigenvalue weighted by Gasteiger charge is -2.34. The number of alkyl halides is 3. The summed E-state index contributed by atoms with van der Waals surface area (Å²) >= 11 is 5.97. The number of piperidine rings is 1. The number of halogens is 4. The van der Waals surface area contributed by atoms with Crippen LogP contribution in [0.1, 0.15) is 24.2 Å². The smallest absolute Gasteiger partial charge is 0.390 e. The number of aliphatic hydroxyl groups excluding tert-OH is 1. The third kappa shape index (κ3) is 5.53. The molecule has 0 bridgehead atoms. The molecule has 0 saturated carbocycles. The van der Waals surface area contributed by atoms with E-state index in [0.29, 0.717) is 11.9 Å². The van der Waals surface area contributed by atoms with E-state index >= 15 is 0 Å². The third-order valence-corrected chi connectivity index (χ3v) is 7.03. The minimum absolute atomic E-state index is 0.212.